The van der Waals surface area contributed by atoms with Gasteiger partial charge in [0.25, 0.3) is 5.91 Å². The molecule has 0 saturated carbocycles. The van der Waals surface area contributed by atoms with Crippen LogP contribution >= 0.6 is 0 Å². The van der Waals surface area contributed by atoms with Crippen LogP contribution in [0.25, 0.3) is 0 Å². The number of nitro groups is 1. The number of benzene rings is 2. The minimum Gasteiger partial charge on any atom is -0.477 e. The molecule has 0 aromatic heterocycles. The van der Waals surface area contributed by atoms with Gasteiger partial charge in [-0.15, -0.1) is 0 Å². The molecule has 0 unspecified atom stereocenters. The van der Waals surface area contributed by atoms with Gasteiger partial charge in [0.05, 0.1) is 9.82 Å². The number of nitrogens with one attached hydrogen (secondary N) is 1. The fourth-order valence-corrected chi connectivity index (χ4v) is 5.04. The Hall–Kier alpha value is -3.18. The second-order valence-corrected chi connectivity index (χ2v) is 9.68. The van der Waals surface area contributed by atoms with Gasteiger partial charge < -0.3 is 15.0 Å². The molecule has 0 spiro atoms. The number of hydrogen-bond donors (Lipinski definition) is 1. The van der Waals surface area contributed by atoms with E-state index in [9.17, 15) is 23.3 Å². The van der Waals surface area contributed by atoms with Crippen LogP contribution in [0.2, 0.25) is 0 Å². The molecule has 0 bridgehead atoms. The van der Waals surface area contributed by atoms with Crippen LogP contribution in [0.15, 0.2) is 47.4 Å². The van der Waals surface area contributed by atoms with Crippen LogP contribution < -0.4 is 15.0 Å². The first-order valence-electron chi connectivity index (χ1n) is 11.1. The molecular weight excluding hydrogens is 460 g/mol. The number of carbonyl (C=O) groups is 1. The SMILES string of the molecule is CCN(c1ccc(NC(=O)COc2ccc(S(=O)(=O)N(CC)CC)cc2[N+](=O)[O-])cc1)C(C)C. The zero-order valence-corrected chi connectivity index (χ0v) is 21.0. The fraction of sp³-hybridized carbons (Fsp3) is 0.435. The first-order valence-corrected chi connectivity index (χ1v) is 12.6. The van der Waals surface area contributed by atoms with E-state index in [2.05, 4.69) is 31.0 Å². The summed E-state index contributed by atoms with van der Waals surface area (Å²) in [6.45, 7) is 10.5. The van der Waals surface area contributed by atoms with E-state index in [0.717, 1.165) is 18.3 Å². The molecule has 1 N–H and O–H groups in total. The standard InChI is InChI=1S/C23H32N4O6S/c1-6-25(7-2)34(31,32)20-13-14-22(21(15-20)27(29)30)33-16-23(28)24-18-9-11-19(12-10-18)26(8-3)17(4)5/h9-15,17H,6-8,16H2,1-5H3,(H,24,28). The summed E-state index contributed by atoms with van der Waals surface area (Å²) in [4.78, 5) is 25.1. The first-order chi connectivity index (χ1) is 16.0. The maximum absolute atomic E-state index is 12.7. The Morgan fingerprint density at radius 2 is 1.68 bits per heavy atom. The van der Waals surface area contributed by atoms with Crippen LogP contribution in [0, 0.1) is 10.1 Å². The summed E-state index contributed by atoms with van der Waals surface area (Å²) in [5.74, 6) is -0.692. The summed E-state index contributed by atoms with van der Waals surface area (Å²) in [6, 6.07) is 11.1. The molecule has 2 aromatic rings. The maximum atomic E-state index is 12.7. The van der Waals surface area contributed by atoms with Gasteiger partial charge in [0.1, 0.15) is 0 Å². The highest BCUT2D eigenvalue weighted by atomic mass is 32.2. The minimum atomic E-state index is -3.87. The third-order valence-electron chi connectivity index (χ3n) is 5.28. The second kappa shape index (κ2) is 11.8. The highest BCUT2D eigenvalue weighted by Crippen LogP contribution is 2.31. The molecule has 10 nitrogen and oxygen atoms in total. The van der Waals surface area contributed by atoms with Crippen LogP contribution in [0.4, 0.5) is 17.1 Å². The normalized spacial score (nSPS) is 11.5. The van der Waals surface area contributed by atoms with Crippen molar-refractivity contribution in [1.82, 2.24) is 4.31 Å². The van der Waals surface area contributed by atoms with Gasteiger partial charge in [-0.05, 0) is 57.2 Å². The van der Waals surface area contributed by atoms with Crippen LogP contribution in [0.1, 0.15) is 34.6 Å². The van der Waals surface area contributed by atoms with Crippen LogP contribution in [0.5, 0.6) is 5.75 Å². The highest BCUT2D eigenvalue weighted by Gasteiger charge is 2.26. The number of rotatable bonds is 12. The number of nitrogens with zero attached hydrogens (tertiary/aromatic N) is 3. The molecular formula is C23H32N4O6S. The Kier molecular flexibility index (Phi) is 9.39. The van der Waals surface area contributed by atoms with Crippen molar-refractivity contribution in [3.63, 3.8) is 0 Å². The van der Waals surface area contributed by atoms with Gasteiger partial charge in [-0.2, -0.15) is 4.31 Å². The molecule has 0 atom stereocenters. The van der Waals surface area contributed by atoms with Gasteiger partial charge >= 0.3 is 5.69 Å². The Balaban J connectivity index is 2.11. The number of ether oxygens (including phenoxy) is 1. The summed E-state index contributed by atoms with van der Waals surface area (Å²) in [5.41, 5.74) is 1.06. The fourth-order valence-electron chi connectivity index (χ4n) is 3.56. The monoisotopic (exact) mass is 492 g/mol. The first kappa shape index (κ1) is 27.1. The number of carbonyl (C=O) groups excluding carboxylic acids is 1. The van der Waals surface area contributed by atoms with Gasteiger partial charge in [-0.3, -0.25) is 14.9 Å². The van der Waals surface area contributed by atoms with Crippen molar-refractivity contribution >= 4 is 33.0 Å². The van der Waals surface area contributed by atoms with Gasteiger partial charge in [-0.1, -0.05) is 13.8 Å². The van der Waals surface area contributed by atoms with Crippen molar-refractivity contribution < 1.29 is 22.9 Å². The summed E-state index contributed by atoms with van der Waals surface area (Å²) >= 11 is 0. The van der Waals surface area contributed by atoms with Gasteiger partial charge in [0.15, 0.2) is 12.4 Å². The predicted octanol–water partition coefficient (Wildman–Crippen LogP) is 3.88. The molecule has 0 heterocycles. The predicted molar refractivity (Wildman–Crippen MR) is 132 cm³/mol. The average molecular weight is 493 g/mol. The molecule has 1 amide bonds. The van der Waals surface area contributed by atoms with E-state index < -0.39 is 33.1 Å². The van der Waals surface area contributed by atoms with Crippen molar-refractivity contribution in [2.24, 2.45) is 0 Å². The number of amides is 1. The molecule has 186 valence electrons. The molecule has 11 heteroatoms. The van der Waals surface area contributed by atoms with Crippen LogP contribution in [-0.4, -0.2) is 55.8 Å². The summed E-state index contributed by atoms with van der Waals surface area (Å²) < 4.78 is 31.9. The maximum Gasteiger partial charge on any atom is 0.312 e. The summed E-state index contributed by atoms with van der Waals surface area (Å²) in [6.07, 6.45) is 0. The lowest BCUT2D eigenvalue weighted by Gasteiger charge is -2.27. The number of sulfonamides is 1. The molecule has 2 aromatic carbocycles. The molecule has 0 aliphatic rings. The largest absolute Gasteiger partial charge is 0.477 e. The molecule has 0 saturated heterocycles. The number of nitro benzene ring substituents is 1. The topological polar surface area (TPSA) is 122 Å². The third-order valence-corrected chi connectivity index (χ3v) is 7.32. The zero-order chi connectivity index (χ0) is 25.5. The highest BCUT2D eigenvalue weighted by molar-refractivity contribution is 7.89. The lowest BCUT2D eigenvalue weighted by atomic mass is 10.2. The third kappa shape index (κ3) is 6.45. The number of hydrogen-bond acceptors (Lipinski definition) is 7. The van der Waals surface area contributed by atoms with E-state index in [1.165, 1.54) is 16.4 Å². The molecule has 0 aliphatic heterocycles. The average Bonchev–Trinajstić information content (AvgIpc) is 2.79. The Morgan fingerprint density at radius 1 is 1.06 bits per heavy atom. The van der Waals surface area contributed by atoms with E-state index in [4.69, 9.17) is 4.74 Å². The Morgan fingerprint density at radius 3 is 2.18 bits per heavy atom. The smallest absolute Gasteiger partial charge is 0.312 e. The lowest BCUT2D eigenvalue weighted by molar-refractivity contribution is -0.386. The molecule has 0 aliphatic carbocycles. The van der Waals surface area contributed by atoms with Crippen LogP contribution in [-0.2, 0) is 14.8 Å². The quantitative estimate of drug-likeness (QED) is 0.352. The Bertz CT molecular complexity index is 1100. The molecule has 34 heavy (non-hydrogen) atoms. The van der Waals surface area contributed by atoms with Gasteiger partial charge in [0.2, 0.25) is 10.0 Å². The van der Waals surface area contributed by atoms with Crippen LogP contribution in [0.3, 0.4) is 0 Å². The number of anilines is 2. The van der Waals surface area contributed by atoms with Crippen molar-refractivity contribution in [2.75, 3.05) is 36.5 Å². The van der Waals surface area contributed by atoms with E-state index in [1.54, 1.807) is 26.0 Å². The summed E-state index contributed by atoms with van der Waals surface area (Å²) in [5, 5.41) is 14.2. The van der Waals surface area contributed by atoms with E-state index >= 15 is 0 Å². The molecule has 0 radical (unpaired) electrons. The van der Waals surface area contributed by atoms with Gasteiger partial charge in [0, 0.05) is 43.1 Å². The molecule has 0 fully saturated rings. The lowest BCUT2D eigenvalue weighted by Crippen LogP contribution is -2.30. The van der Waals surface area contributed by atoms with E-state index in [0.29, 0.717) is 11.7 Å². The summed E-state index contributed by atoms with van der Waals surface area (Å²) in [7, 11) is -3.87. The Labute approximate surface area is 200 Å². The van der Waals surface area contributed by atoms with Crippen molar-refractivity contribution in [3.05, 3.63) is 52.6 Å². The van der Waals surface area contributed by atoms with Gasteiger partial charge in [-0.25, -0.2) is 8.42 Å². The van der Waals surface area contributed by atoms with Crippen molar-refractivity contribution in [1.29, 1.82) is 0 Å². The van der Waals surface area contributed by atoms with Crippen molar-refractivity contribution in [3.8, 4) is 5.75 Å². The molecule has 2 rings (SSSR count). The van der Waals surface area contributed by atoms with E-state index in [-0.39, 0.29) is 23.7 Å². The van der Waals surface area contributed by atoms with E-state index in [1.807, 2.05) is 12.1 Å². The zero-order valence-electron chi connectivity index (χ0n) is 20.1. The second-order valence-electron chi connectivity index (χ2n) is 7.74. The van der Waals surface area contributed by atoms with Crippen molar-refractivity contribution in [2.45, 2.75) is 45.6 Å². The minimum absolute atomic E-state index is 0.190.